The minimum atomic E-state index is -0.0607. The summed E-state index contributed by atoms with van der Waals surface area (Å²) in [7, 11) is 0. The van der Waals surface area contributed by atoms with E-state index < -0.39 is 0 Å². The van der Waals surface area contributed by atoms with Crippen LogP contribution < -0.4 is 0 Å². The molecule has 0 aromatic carbocycles. The number of nitrogens with zero attached hydrogens (tertiary/aromatic N) is 1. The van der Waals surface area contributed by atoms with Crippen LogP contribution in [0, 0.1) is 70.0 Å². The first kappa shape index (κ1) is 21.2. The Morgan fingerprint density at radius 3 is 0.889 bits per heavy atom. The molecule has 0 N–H and O–H groups in total. The van der Waals surface area contributed by atoms with Crippen LogP contribution in [0.15, 0.2) is 0 Å². The highest BCUT2D eigenvalue weighted by molar-refractivity contribution is 5.13. The third kappa shape index (κ3) is 4.41. The zero-order valence-electron chi connectivity index (χ0n) is 19.0. The first-order chi connectivity index (χ1) is 12.7. The van der Waals surface area contributed by atoms with Crippen LogP contribution in [0.2, 0.25) is 0 Å². The summed E-state index contributed by atoms with van der Waals surface area (Å²) in [4.78, 5) is 0. The molecule has 1 nitrogen and oxygen atoms in total. The van der Waals surface area contributed by atoms with Gasteiger partial charge in [0, 0.05) is 0 Å². The predicted octanol–water partition coefficient (Wildman–Crippen LogP) is 7.71. The predicted molar refractivity (Wildman–Crippen MR) is 115 cm³/mol. The topological polar surface area (TPSA) is 23.8 Å². The van der Waals surface area contributed by atoms with E-state index in [1.54, 1.807) is 0 Å². The van der Waals surface area contributed by atoms with E-state index in [4.69, 9.17) is 0 Å². The summed E-state index contributed by atoms with van der Waals surface area (Å²) in [6.45, 7) is 14.7. The molecule has 0 spiro atoms. The SMILES string of the molecule is CC1CC(C)CC(C(C#N)(C2CC(C)CC(C)C2)C2CC(C)CC(C)C2)C1. The second kappa shape index (κ2) is 8.47. The second-order valence-corrected chi connectivity index (χ2v) is 11.9. The van der Waals surface area contributed by atoms with E-state index in [1.807, 2.05) is 0 Å². The summed E-state index contributed by atoms with van der Waals surface area (Å²) < 4.78 is 0. The van der Waals surface area contributed by atoms with E-state index in [-0.39, 0.29) is 5.41 Å². The lowest BCUT2D eigenvalue weighted by Gasteiger charge is -2.54. The Balaban J connectivity index is 1.99. The summed E-state index contributed by atoms with van der Waals surface area (Å²) in [6.07, 6.45) is 11.9. The molecule has 3 aliphatic rings. The molecule has 3 saturated carbocycles. The Hall–Kier alpha value is -0.510. The van der Waals surface area contributed by atoms with Gasteiger partial charge in [0.25, 0.3) is 0 Å². The Bertz CT molecular complexity index is 436. The molecule has 3 aliphatic carbocycles. The van der Waals surface area contributed by atoms with Crippen molar-refractivity contribution in [3.8, 4) is 6.07 Å². The van der Waals surface area contributed by atoms with Crippen molar-refractivity contribution in [1.82, 2.24) is 0 Å². The smallest absolute Gasteiger partial charge is 0.0698 e. The van der Waals surface area contributed by atoms with Gasteiger partial charge in [-0.3, -0.25) is 0 Å². The van der Waals surface area contributed by atoms with Crippen molar-refractivity contribution in [3.05, 3.63) is 0 Å². The maximum Gasteiger partial charge on any atom is 0.0698 e. The lowest BCUT2D eigenvalue weighted by molar-refractivity contribution is -0.0444. The Morgan fingerprint density at radius 1 is 0.481 bits per heavy atom. The summed E-state index contributed by atoms with van der Waals surface area (Å²) in [5, 5.41) is 10.9. The zero-order valence-corrected chi connectivity index (χ0v) is 19.0. The van der Waals surface area contributed by atoms with Gasteiger partial charge in [-0.1, -0.05) is 41.5 Å². The first-order valence-corrected chi connectivity index (χ1v) is 12.2. The standard InChI is InChI=1S/C26H45N/c1-17-7-18(2)11-23(10-17)26(16-27,24-12-19(3)8-20(4)13-24)25-14-21(5)9-22(6)15-25/h17-25H,7-15H2,1-6H3. The fourth-order valence-corrected chi connectivity index (χ4v) is 8.28. The van der Waals surface area contributed by atoms with E-state index in [0.29, 0.717) is 17.8 Å². The molecule has 0 aromatic heterocycles. The fourth-order valence-electron chi connectivity index (χ4n) is 8.28. The molecular weight excluding hydrogens is 326 g/mol. The van der Waals surface area contributed by atoms with E-state index >= 15 is 0 Å². The molecule has 0 bridgehead atoms. The van der Waals surface area contributed by atoms with Crippen molar-refractivity contribution in [3.63, 3.8) is 0 Å². The van der Waals surface area contributed by atoms with Gasteiger partial charge in [-0.25, -0.2) is 0 Å². The van der Waals surface area contributed by atoms with Crippen LogP contribution in [0.1, 0.15) is 99.3 Å². The van der Waals surface area contributed by atoms with Gasteiger partial charge >= 0.3 is 0 Å². The van der Waals surface area contributed by atoms with Crippen molar-refractivity contribution < 1.29 is 0 Å². The van der Waals surface area contributed by atoms with Gasteiger partial charge in [-0.15, -0.1) is 0 Å². The van der Waals surface area contributed by atoms with Crippen LogP contribution >= 0.6 is 0 Å². The summed E-state index contributed by atoms with van der Waals surface area (Å²) in [5.74, 6) is 6.66. The van der Waals surface area contributed by atoms with Gasteiger partial charge < -0.3 is 0 Å². The molecule has 0 radical (unpaired) electrons. The first-order valence-electron chi connectivity index (χ1n) is 12.2. The van der Waals surface area contributed by atoms with Crippen LogP contribution in [-0.2, 0) is 0 Å². The normalized spacial score (nSPS) is 48.4. The number of nitriles is 1. The van der Waals surface area contributed by atoms with Gasteiger partial charge in [-0.05, 0) is 111 Å². The third-order valence-electron chi connectivity index (χ3n) is 8.76. The van der Waals surface area contributed by atoms with Crippen LogP contribution in [0.5, 0.6) is 0 Å². The third-order valence-corrected chi connectivity index (χ3v) is 8.76. The fraction of sp³-hybridized carbons (Fsp3) is 0.962. The molecule has 6 atom stereocenters. The minimum absolute atomic E-state index is 0.0607. The molecule has 0 heterocycles. The summed E-state index contributed by atoms with van der Waals surface area (Å²) >= 11 is 0. The molecule has 6 unspecified atom stereocenters. The Kier molecular flexibility index (Phi) is 6.65. The maximum absolute atomic E-state index is 10.9. The second-order valence-electron chi connectivity index (χ2n) is 11.9. The molecule has 3 fully saturated rings. The number of rotatable bonds is 3. The average molecular weight is 372 g/mol. The lowest BCUT2D eigenvalue weighted by atomic mass is 9.48. The van der Waals surface area contributed by atoms with Gasteiger partial charge in [0.1, 0.15) is 0 Å². The average Bonchev–Trinajstić information content (AvgIpc) is 2.53. The molecule has 0 aromatic rings. The van der Waals surface area contributed by atoms with Crippen LogP contribution in [0.3, 0.4) is 0 Å². The molecule has 154 valence electrons. The van der Waals surface area contributed by atoms with Gasteiger partial charge in [0.05, 0.1) is 11.5 Å². The quantitative estimate of drug-likeness (QED) is 0.498. The van der Waals surface area contributed by atoms with Crippen LogP contribution in [0.25, 0.3) is 0 Å². The molecule has 0 amide bonds. The van der Waals surface area contributed by atoms with Gasteiger partial charge in [-0.2, -0.15) is 5.26 Å². The molecule has 1 heteroatoms. The van der Waals surface area contributed by atoms with E-state index in [2.05, 4.69) is 47.6 Å². The van der Waals surface area contributed by atoms with Crippen molar-refractivity contribution in [1.29, 1.82) is 5.26 Å². The monoisotopic (exact) mass is 371 g/mol. The molecule has 3 rings (SSSR count). The summed E-state index contributed by atoms with van der Waals surface area (Å²) in [5.41, 5.74) is -0.0607. The van der Waals surface area contributed by atoms with Gasteiger partial charge in [0.15, 0.2) is 0 Å². The van der Waals surface area contributed by atoms with E-state index in [0.717, 1.165) is 35.5 Å². The van der Waals surface area contributed by atoms with Crippen molar-refractivity contribution in [2.75, 3.05) is 0 Å². The van der Waals surface area contributed by atoms with Crippen molar-refractivity contribution in [2.24, 2.45) is 58.7 Å². The number of hydrogen-bond donors (Lipinski definition) is 0. The van der Waals surface area contributed by atoms with Crippen LogP contribution in [-0.4, -0.2) is 0 Å². The van der Waals surface area contributed by atoms with Gasteiger partial charge in [0.2, 0.25) is 0 Å². The highest BCUT2D eigenvalue weighted by Crippen LogP contribution is 2.59. The lowest BCUT2D eigenvalue weighted by Crippen LogP contribution is -2.49. The zero-order chi connectivity index (χ0) is 19.8. The Labute approximate surface area is 169 Å². The molecule has 0 aliphatic heterocycles. The maximum atomic E-state index is 10.9. The Morgan fingerprint density at radius 2 is 0.704 bits per heavy atom. The van der Waals surface area contributed by atoms with Crippen molar-refractivity contribution in [2.45, 2.75) is 99.3 Å². The number of hydrogen-bond acceptors (Lipinski definition) is 1. The van der Waals surface area contributed by atoms with Crippen LogP contribution in [0.4, 0.5) is 0 Å². The largest absolute Gasteiger partial charge is 0.198 e. The highest BCUT2D eigenvalue weighted by Gasteiger charge is 2.54. The molecular formula is C26H45N. The highest BCUT2D eigenvalue weighted by atomic mass is 14.6. The summed E-state index contributed by atoms with van der Waals surface area (Å²) in [6, 6.07) is 3.15. The molecule has 0 saturated heterocycles. The molecule has 27 heavy (non-hydrogen) atoms. The minimum Gasteiger partial charge on any atom is -0.198 e. The van der Waals surface area contributed by atoms with E-state index in [1.165, 1.54) is 57.8 Å². The van der Waals surface area contributed by atoms with Crippen molar-refractivity contribution >= 4 is 0 Å². The van der Waals surface area contributed by atoms with E-state index in [9.17, 15) is 5.26 Å².